The van der Waals surface area contributed by atoms with E-state index in [1.807, 2.05) is 50.3 Å². The van der Waals surface area contributed by atoms with Gasteiger partial charge in [-0.2, -0.15) is 0 Å². The molecule has 32 heavy (non-hydrogen) atoms. The summed E-state index contributed by atoms with van der Waals surface area (Å²) in [5, 5.41) is 0. The molecule has 2 fully saturated rings. The number of hydrogen-bond donors (Lipinski definition) is 0. The lowest BCUT2D eigenvalue weighted by Gasteiger charge is -2.36. The molecule has 0 saturated carbocycles. The van der Waals surface area contributed by atoms with E-state index < -0.39 is 12.1 Å². The van der Waals surface area contributed by atoms with Crippen LogP contribution in [0.15, 0.2) is 86.0 Å². The minimum absolute atomic E-state index is 0.102. The second-order valence-electron chi connectivity index (χ2n) is 8.76. The van der Waals surface area contributed by atoms with E-state index in [4.69, 9.17) is 18.9 Å². The summed E-state index contributed by atoms with van der Waals surface area (Å²) in [5.74, 6) is -0.705. The van der Waals surface area contributed by atoms with Crippen LogP contribution in [0, 0.1) is 0 Å². The quantitative estimate of drug-likeness (QED) is 0.507. The molecule has 0 aromatic heterocycles. The summed E-state index contributed by atoms with van der Waals surface area (Å²) in [4.78, 5) is 2.30. The van der Waals surface area contributed by atoms with Crippen molar-refractivity contribution in [2.45, 2.75) is 63.4 Å². The Balaban J connectivity index is 1.56. The van der Waals surface area contributed by atoms with Crippen molar-refractivity contribution >= 4 is 0 Å². The van der Waals surface area contributed by atoms with Gasteiger partial charge < -0.3 is 18.9 Å². The van der Waals surface area contributed by atoms with E-state index in [1.165, 1.54) is 5.56 Å². The van der Waals surface area contributed by atoms with Crippen LogP contribution in [-0.4, -0.2) is 47.9 Å². The van der Waals surface area contributed by atoms with Crippen LogP contribution < -0.4 is 0 Å². The Bertz CT molecular complexity index is 885. The predicted molar refractivity (Wildman–Crippen MR) is 125 cm³/mol. The Hall–Kier alpha value is -2.28. The molecular formula is C27H33NO4. The smallest absolute Gasteiger partial charge is 0.190 e. The van der Waals surface area contributed by atoms with Gasteiger partial charge in [0.25, 0.3) is 0 Å². The molecule has 0 amide bonds. The van der Waals surface area contributed by atoms with Crippen molar-refractivity contribution in [2.24, 2.45) is 0 Å². The molecule has 170 valence electrons. The highest BCUT2D eigenvalue weighted by atomic mass is 16.8. The molecule has 0 aliphatic carbocycles. The van der Waals surface area contributed by atoms with E-state index in [1.54, 1.807) is 0 Å². The number of rotatable bonds is 10. The van der Waals surface area contributed by atoms with Crippen LogP contribution in [0.5, 0.6) is 0 Å². The minimum Gasteiger partial charge on any atom is -0.368 e. The van der Waals surface area contributed by atoms with E-state index in [0.29, 0.717) is 13.2 Å². The van der Waals surface area contributed by atoms with Gasteiger partial charge >= 0.3 is 0 Å². The summed E-state index contributed by atoms with van der Waals surface area (Å²) >= 11 is 0. The molecule has 0 unspecified atom stereocenters. The summed E-state index contributed by atoms with van der Waals surface area (Å²) in [6, 6.07) is 20.4. The van der Waals surface area contributed by atoms with Crippen molar-refractivity contribution in [3.63, 3.8) is 0 Å². The number of hydrogen-bond acceptors (Lipinski definition) is 5. The van der Waals surface area contributed by atoms with Gasteiger partial charge in [-0.1, -0.05) is 72.8 Å². The zero-order valence-electron chi connectivity index (χ0n) is 18.9. The first kappa shape index (κ1) is 22.9. The fraction of sp³-hybridized carbons (Fsp3) is 0.407. The first-order valence-electron chi connectivity index (χ1n) is 11.2. The molecule has 0 bridgehead atoms. The van der Waals surface area contributed by atoms with Crippen molar-refractivity contribution in [1.82, 2.24) is 4.90 Å². The molecule has 2 aromatic carbocycles. The van der Waals surface area contributed by atoms with Gasteiger partial charge in [0.05, 0.1) is 12.6 Å². The highest BCUT2D eigenvalue weighted by Gasteiger charge is 2.57. The van der Waals surface area contributed by atoms with E-state index in [9.17, 15) is 0 Å². The van der Waals surface area contributed by atoms with Gasteiger partial charge in [-0.05, 0) is 25.0 Å². The van der Waals surface area contributed by atoms with Crippen molar-refractivity contribution in [1.29, 1.82) is 0 Å². The lowest BCUT2D eigenvalue weighted by molar-refractivity contribution is -0.224. The first-order valence-corrected chi connectivity index (χ1v) is 11.2. The fourth-order valence-corrected chi connectivity index (χ4v) is 4.50. The van der Waals surface area contributed by atoms with E-state index in [-0.39, 0.29) is 24.4 Å². The second kappa shape index (κ2) is 10.1. The molecule has 0 radical (unpaired) electrons. The van der Waals surface area contributed by atoms with Crippen molar-refractivity contribution in [2.75, 3.05) is 6.54 Å². The maximum absolute atomic E-state index is 6.44. The SMILES string of the molecule is C=CCN(Cc1ccccc1)[C@H](C=C)[C@H]1O[C@@H]2OC(C)(C)O[C@@H]2[C@H]1OCc1ccccc1. The molecule has 2 saturated heterocycles. The molecule has 0 N–H and O–H groups in total. The van der Waals surface area contributed by atoms with Crippen LogP contribution in [0.3, 0.4) is 0 Å². The third-order valence-corrected chi connectivity index (χ3v) is 5.90. The molecule has 5 atom stereocenters. The third-order valence-electron chi connectivity index (χ3n) is 5.90. The summed E-state index contributed by atoms with van der Waals surface area (Å²) in [6.07, 6.45) is 2.48. The molecule has 2 aliphatic heterocycles. The molecule has 2 aromatic rings. The van der Waals surface area contributed by atoms with E-state index in [0.717, 1.165) is 12.1 Å². The molecule has 4 rings (SSSR count). The van der Waals surface area contributed by atoms with Crippen molar-refractivity contribution in [3.05, 3.63) is 97.1 Å². The first-order chi connectivity index (χ1) is 15.5. The molecular weight excluding hydrogens is 402 g/mol. The lowest BCUT2D eigenvalue weighted by Crippen LogP contribution is -2.49. The van der Waals surface area contributed by atoms with Crippen LogP contribution in [0.2, 0.25) is 0 Å². The Morgan fingerprint density at radius 3 is 2.28 bits per heavy atom. The van der Waals surface area contributed by atoms with Gasteiger partial charge in [0, 0.05) is 13.1 Å². The number of ether oxygens (including phenoxy) is 4. The van der Waals surface area contributed by atoms with Crippen LogP contribution in [0.25, 0.3) is 0 Å². The zero-order chi connectivity index (χ0) is 22.6. The van der Waals surface area contributed by atoms with Gasteiger partial charge in [0.2, 0.25) is 0 Å². The molecule has 2 heterocycles. The molecule has 5 heteroatoms. The summed E-state index contributed by atoms with van der Waals surface area (Å²) in [6.45, 7) is 13.8. The molecule has 5 nitrogen and oxygen atoms in total. The predicted octanol–water partition coefficient (Wildman–Crippen LogP) is 4.69. The minimum atomic E-state index is -0.705. The van der Waals surface area contributed by atoms with Crippen molar-refractivity contribution in [3.8, 4) is 0 Å². The van der Waals surface area contributed by atoms with Gasteiger partial charge in [-0.25, -0.2) is 0 Å². The van der Waals surface area contributed by atoms with Gasteiger partial charge in [0.15, 0.2) is 12.1 Å². The highest BCUT2D eigenvalue weighted by molar-refractivity contribution is 5.17. The third kappa shape index (κ3) is 5.20. The summed E-state index contributed by atoms with van der Waals surface area (Å²) < 4.78 is 25.1. The Morgan fingerprint density at radius 1 is 1.00 bits per heavy atom. The Kier molecular flexibility index (Phi) is 7.23. The van der Waals surface area contributed by atoms with Gasteiger partial charge in [-0.3, -0.25) is 4.90 Å². The number of benzene rings is 2. The van der Waals surface area contributed by atoms with Crippen LogP contribution >= 0.6 is 0 Å². The molecule has 0 spiro atoms. The fourth-order valence-electron chi connectivity index (χ4n) is 4.50. The van der Waals surface area contributed by atoms with Crippen LogP contribution in [0.4, 0.5) is 0 Å². The summed E-state index contributed by atoms with van der Waals surface area (Å²) in [7, 11) is 0. The maximum atomic E-state index is 6.44. The highest BCUT2D eigenvalue weighted by Crippen LogP contribution is 2.41. The van der Waals surface area contributed by atoms with Crippen LogP contribution in [-0.2, 0) is 32.1 Å². The van der Waals surface area contributed by atoms with Crippen LogP contribution in [0.1, 0.15) is 25.0 Å². The second-order valence-corrected chi connectivity index (χ2v) is 8.76. The maximum Gasteiger partial charge on any atom is 0.190 e. The summed E-state index contributed by atoms with van der Waals surface area (Å²) in [5.41, 5.74) is 2.32. The monoisotopic (exact) mass is 435 g/mol. The number of nitrogens with zero attached hydrogens (tertiary/aromatic N) is 1. The largest absolute Gasteiger partial charge is 0.368 e. The standard InChI is InChI=1S/C27H33NO4/c1-5-17-28(18-20-13-9-7-10-14-20)22(6-2)23-24(29-19-21-15-11-8-12-16-21)25-26(30-23)32-27(3,4)31-25/h5-16,22-26H,1-2,17-19H2,3-4H3/t22-,23-,24+,25-,26-/m1/s1. The Morgan fingerprint density at radius 2 is 1.66 bits per heavy atom. The lowest BCUT2D eigenvalue weighted by atomic mass is 10.0. The average molecular weight is 436 g/mol. The number of fused-ring (bicyclic) bond motifs is 1. The topological polar surface area (TPSA) is 40.2 Å². The van der Waals surface area contributed by atoms with E-state index in [2.05, 4.69) is 54.5 Å². The normalized spacial score (nSPS) is 27.2. The van der Waals surface area contributed by atoms with E-state index >= 15 is 0 Å². The van der Waals surface area contributed by atoms with Gasteiger partial charge in [-0.15, -0.1) is 13.2 Å². The van der Waals surface area contributed by atoms with Gasteiger partial charge in [0.1, 0.15) is 18.3 Å². The molecule has 2 aliphatic rings. The van der Waals surface area contributed by atoms with Crippen molar-refractivity contribution < 1.29 is 18.9 Å². The zero-order valence-corrected chi connectivity index (χ0v) is 18.9. The Labute approximate surface area is 191 Å². The average Bonchev–Trinajstić information content (AvgIpc) is 3.26.